The summed E-state index contributed by atoms with van der Waals surface area (Å²) >= 11 is 0. The molecule has 1 aliphatic carbocycles. The Morgan fingerprint density at radius 1 is 1.25 bits per heavy atom. The molecule has 0 amide bonds. The van der Waals surface area contributed by atoms with Crippen LogP contribution in [0, 0.1) is 0 Å². The molecule has 16 heavy (non-hydrogen) atoms. The summed E-state index contributed by atoms with van der Waals surface area (Å²) in [5, 5.41) is 3.31. The molecule has 0 heterocycles. The summed E-state index contributed by atoms with van der Waals surface area (Å²) < 4.78 is 33.5. The van der Waals surface area contributed by atoms with Gasteiger partial charge in [0, 0.05) is 19.7 Å². The van der Waals surface area contributed by atoms with Crippen LogP contribution in [0.5, 0.6) is 0 Å². The van der Waals surface area contributed by atoms with E-state index in [9.17, 15) is 8.78 Å². The van der Waals surface area contributed by atoms with E-state index >= 15 is 0 Å². The summed E-state index contributed by atoms with van der Waals surface area (Å²) in [6.45, 7) is 0.543. The molecule has 1 rings (SSSR count). The summed E-state index contributed by atoms with van der Waals surface area (Å²) in [4.78, 5) is 0. The molecule has 1 saturated carbocycles. The van der Waals surface area contributed by atoms with E-state index in [1.165, 1.54) is 0 Å². The Labute approximate surface area is 95.5 Å². The molecule has 0 saturated heterocycles. The fraction of sp³-hybridized carbons (Fsp3) is 1.00. The molecular weight excluding hydrogens is 216 g/mol. The van der Waals surface area contributed by atoms with Crippen molar-refractivity contribution in [3.63, 3.8) is 0 Å². The molecule has 0 aromatic heterocycles. The lowest BCUT2D eigenvalue weighted by Gasteiger charge is -2.28. The van der Waals surface area contributed by atoms with E-state index in [1.54, 1.807) is 7.11 Å². The summed E-state index contributed by atoms with van der Waals surface area (Å²) in [6.07, 6.45) is 2.36. The zero-order valence-corrected chi connectivity index (χ0v) is 9.75. The summed E-state index contributed by atoms with van der Waals surface area (Å²) in [5.74, 6) is 0. The molecule has 1 fully saturated rings. The Bertz CT molecular complexity index is 173. The number of methoxy groups -OCH3 is 1. The number of halogens is 2. The highest BCUT2D eigenvalue weighted by atomic mass is 19.3. The van der Waals surface area contributed by atoms with E-state index in [0.717, 1.165) is 25.7 Å². The Balaban J connectivity index is 1.94. The van der Waals surface area contributed by atoms with Crippen LogP contribution >= 0.6 is 0 Å². The van der Waals surface area contributed by atoms with Crippen molar-refractivity contribution < 1.29 is 18.3 Å². The van der Waals surface area contributed by atoms with E-state index in [1.807, 2.05) is 0 Å². The zero-order chi connectivity index (χ0) is 11.8. The Morgan fingerprint density at radius 2 is 1.94 bits per heavy atom. The Kier molecular flexibility index (Phi) is 6.84. The average molecular weight is 237 g/mol. The van der Waals surface area contributed by atoms with E-state index in [4.69, 9.17) is 9.47 Å². The molecule has 0 spiro atoms. The monoisotopic (exact) mass is 237 g/mol. The van der Waals surface area contributed by atoms with E-state index in [-0.39, 0.29) is 0 Å². The second kappa shape index (κ2) is 7.92. The van der Waals surface area contributed by atoms with Gasteiger partial charge in [-0.3, -0.25) is 0 Å². The molecule has 0 unspecified atom stereocenters. The number of hydrogen-bond donors (Lipinski definition) is 1. The van der Waals surface area contributed by atoms with Crippen molar-refractivity contribution in [2.45, 2.75) is 44.3 Å². The van der Waals surface area contributed by atoms with E-state index in [0.29, 0.717) is 25.3 Å². The van der Waals surface area contributed by atoms with E-state index < -0.39 is 13.0 Å². The SMILES string of the molecule is COC1CCC(NCCOCC(F)F)CC1. The smallest absolute Gasteiger partial charge is 0.261 e. The molecule has 1 aliphatic rings. The van der Waals surface area contributed by atoms with Gasteiger partial charge in [-0.25, -0.2) is 8.78 Å². The minimum Gasteiger partial charge on any atom is -0.381 e. The highest BCUT2D eigenvalue weighted by Crippen LogP contribution is 2.20. The van der Waals surface area contributed by atoms with Crippen LogP contribution in [0.1, 0.15) is 25.7 Å². The maximum absolute atomic E-state index is 11.7. The maximum atomic E-state index is 11.7. The molecule has 3 nitrogen and oxygen atoms in total. The summed E-state index contributed by atoms with van der Waals surface area (Å²) in [6, 6.07) is 0.488. The van der Waals surface area contributed by atoms with E-state index in [2.05, 4.69) is 5.32 Å². The highest BCUT2D eigenvalue weighted by molar-refractivity contribution is 4.77. The molecular formula is C11H21F2NO2. The van der Waals surface area contributed by atoms with Crippen molar-refractivity contribution in [1.82, 2.24) is 5.32 Å². The van der Waals surface area contributed by atoms with Crippen LogP contribution in [0.2, 0.25) is 0 Å². The quantitative estimate of drug-likeness (QED) is 0.685. The summed E-state index contributed by atoms with van der Waals surface area (Å²) in [7, 11) is 1.75. The fourth-order valence-corrected chi connectivity index (χ4v) is 2.01. The number of ether oxygens (including phenoxy) is 2. The molecule has 0 aromatic carbocycles. The lowest BCUT2D eigenvalue weighted by Crippen LogP contribution is -2.37. The molecule has 96 valence electrons. The normalized spacial score (nSPS) is 26.2. The predicted molar refractivity (Wildman–Crippen MR) is 57.9 cm³/mol. The largest absolute Gasteiger partial charge is 0.381 e. The highest BCUT2D eigenvalue weighted by Gasteiger charge is 2.19. The van der Waals surface area contributed by atoms with Crippen molar-refractivity contribution in [3.05, 3.63) is 0 Å². The summed E-state index contributed by atoms with van der Waals surface area (Å²) in [5.41, 5.74) is 0. The van der Waals surface area contributed by atoms with Crippen molar-refractivity contribution in [2.75, 3.05) is 26.9 Å². The van der Waals surface area contributed by atoms with Crippen LogP contribution in [0.25, 0.3) is 0 Å². The van der Waals surface area contributed by atoms with Gasteiger partial charge in [-0.05, 0) is 25.7 Å². The molecule has 0 bridgehead atoms. The van der Waals surface area contributed by atoms with Gasteiger partial charge in [-0.1, -0.05) is 0 Å². The first kappa shape index (κ1) is 13.8. The minimum absolute atomic E-state index is 0.356. The molecule has 0 atom stereocenters. The predicted octanol–water partition coefficient (Wildman–Crippen LogP) is 1.82. The van der Waals surface area contributed by atoms with Crippen LogP contribution < -0.4 is 5.32 Å². The van der Waals surface area contributed by atoms with Crippen LogP contribution in [0.3, 0.4) is 0 Å². The van der Waals surface area contributed by atoms with Gasteiger partial charge in [0.1, 0.15) is 6.61 Å². The van der Waals surface area contributed by atoms with Crippen molar-refractivity contribution in [3.8, 4) is 0 Å². The maximum Gasteiger partial charge on any atom is 0.261 e. The third-order valence-corrected chi connectivity index (χ3v) is 2.93. The van der Waals surface area contributed by atoms with Crippen LogP contribution in [0.4, 0.5) is 8.78 Å². The van der Waals surface area contributed by atoms with Crippen LogP contribution in [-0.4, -0.2) is 45.4 Å². The molecule has 1 N–H and O–H groups in total. The van der Waals surface area contributed by atoms with Gasteiger partial charge < -0.3 is 14.8 Å². The molecule has 5 heteroatoms. The van der Waals surface area contributed by atoms with Crippen molar-refractivity contribution >= 4 is 0 Å². The lowest BCUT2D eigenvalue weighted by molar-refractivity contribution is 0.0168. The minimum atomic E-state index is -2.36. The average Bonchev–Trinajstić information content (AvgIpc) is 2.29. The Morgan fingerprint density at radius 3 is 2.50 bits per heavy atom. The standard InChI is InChI=1S/C11H21F2NO2/c1-15-10-4-2-9(3-5-10)14-6-7-16-8-11(12)13/h9-11,14H,2-8H2,1H3. The topological polar surface area (TPSA) is 30.5 Å². The van der Waals surface area contributed by atoms with Gasteiger partial charge in [0.2, 0.25) is 0 Å². The van der Waals surface area contributed by atoms with Gasteiger partial charge >= 0.3 is 0 Å². The fourth-order valence-electron chi connectivity index (χ4n) is 2.01. The second-order valence-electron chi connectivity index (χ2n) is 4.13. The first-order chi connectivity index (χ1) is 7.72. The number of alkyl halides is 2. The molecule has 0 aliphatic heterocycles. The number of nitrogens with one attached hydrogen (secondary N) is 1. The van der Waals surface area contributed by atoms with Gasteiger partial charge in [-0.2, -0.15) is 0 Å². The van der Waals surface area contributed by atoms with Crippen LogP contribution in [0.15, 0.2) is 0 Å². The van der Waals surface area contributed by atoms with Crippen LogP contribution in [-0.2, 0) is 9.47 Å². The van der Waals surface area contributed by atoms with Crippen molar-refractivity contribution in [1.29, 1.82) is 0 Å². The number of hydrogen-bond acceptors (Lipinski definition) is 3. The zero-order valence-electron chi connectivity index (χ0n) is 9.75. The molecule has 0 radical (unpaired) electrons. The Hall–Kier alpha value is -0.260. The second-order valence-corrected chi connectivity index (χ2v) is 4.13. The first-order valence-corrected chi connectivity index (χ1v) is 5.84. The third kappa shape index (κ3) is 5.72. The van der Waals surface area contributed by atoms with Crippen molar-refractivity contribution in [2.24, 2.45) is 0 Å². The van der Waals surface area contributed by atoms with Gasteiger partial charge in [0.25, 0.3) is 6.43 Å². The van der Waals surface area contributed by atoms with Gasteiger partial charge in [-0.15, -0.1) is 0 Å². The first-order valence-electron chi connectivity index (χ1n) is 5.84. The lowest BCUT2D eigenvalue weighted by atomic mass is 9.93. The molecule has 0 aromatic rings. The van der Waals surface area contributed by atoms with Gasteiger partial charge in [0.15, 0.2) is 0 Å². The van der Waals surface area contributed by atoms with Gasteiger partial charge in [0.05, 0.1) is 12.7 Å². The third-order valence-electron chi connectivity index (χ3n) is 2.93. The number of rotatable bonds is 7.